The van der Waals surface area contributed by atoms with Crippen molar-refractivity contribution >= 4 is 16.5 Å². The molecule has 0 saturated heterocycles. The standard InChI is InChI=1S/C12H17N3OS/c1-8(13)11-9(2)14-12(17-11)15(3)7-10-5-4-6-16-10/h4-6,8H,7,13H2,1-3H3. The third-order valence-corrected chi connectivity index (χ3v) is 4.01. The summed E-state index contributed by atoms with van der Waals surface area (Å²) in [5.41, 5.74) is 6.92. The molecule has 92 valence electrons. The average molecular weight is 251 g/mol. The molecule has 0 saturated carbocycles. The van der Waals surface area contributed by atoms with Gasteiger partial charge in [-0.2, -0.15) is 0 Å². The van der Waals surface area contributed by atoms with Crippen LogP contribution in [0.2, 0.25) is 0 Å². The second kappa shape index (κ2) is 4.89. The Kier molecular flexibility index (Phi) is 3.49. The monoisotopic (exact) mass is 251 g/mol. The van der Waals surface area contributed by atoms with Crippen molar-refractivity contribution in [2.45, 2.75) is 26.4 Å². The zero-order valence-corrected chi connectivity index (χ0v) is 11.1. The summed E-state index contributed by atoms with van der Waals surface area (Å²) in [6.07, 6.45) is 1.68. The molecule has 5 heteroatoms. The van der Waals surface area contributed by atoms with Gasteiger partial charge in [-0.15, -0.1) is 11.3 Å². The Balaban J connectivity index is 2.14. The molecule has 2 heterocycles. The number of anilines is 1. The topological polar surface area (TPSA) is 55.3 Å². The largest absolute Gasteiger partial charge is 0.467 e. The van der Waals surface area contributed by atoms with Crippen LogP contribution in [-0.2, 0) is 6.54 Å². The Bertz CT molecular complexity index is 476. The van der Waals surface area contributed by atoms with Crippen LogP contribution in [-0.4, -0.2) is 12.0 Å². The fourth-order valence-electron chi connectivity index (χ4n) is 1.68. The van der Waals surface area contributed by atoms with Gasteiger partial charge < -0.3 is 15.1 Å². The summed E-state index contributed by atoms with van der Waals surface area (Å²) in [7, 11) is 2.01. The Morgan fingerprint density at radius 2 is 2.35 bits per heavy atom. The first kappa shape index (κ1) is 12.1. The lowest BCUT2D eigenvalue weighted by Crippen LogP contribution is -2.15. The Morgan fingerprint density at radius 1 is 1.59 bits per heavy atom. The fraction of sp³-hybridized carbons (Fsp3) is 0.417. The van der Waals surface area contributed by atoms with Crippen molar-refractivity contribution in [2.75, 3.05) is 11.9 Å². The van der Waals surface area contributed by atoms with Gasteiger partial charge in [-0.1, -0.05) is 0 Å². The van der Waals surface area contributed by atoms with Crippen LogP contribution in [0, 0.1) is 6.92 Å². The summed E-state index contributed by atoms with van der Waals surface area (Å²) in [5, 5.41) is 0.978. The molecule has 2 aromatic heterocycles. The second-order valence-corrected chi connectivity index (χ2v) is 5.18. The van der Waals surface area contributed by atoms with Gasteiger partial charge in [-0.25, -0.2) is 4.98 Å². The maximum absolute atomic E-state index is 5.90. The molecule has 0 aliphatic heterocycles. The van der Waals surface area contributed by atoms with Crippen LogP contribution in [0.15, 0.2) is 22.8 Å². The van der Waals surface area contributed by atoms with Crippen molar-refractivity contribution in [3.05, 3.63) is 34.7 Å². The number of thiazole rings is 1. The highest BCUT2D eigenvalue weighted by Crippen LogP contribution is 2.29. The average Bonchev–Trinajstić information content (AvgIpc) is 2.86. The smallest absolute Gasteiger partial charge is 0.185 e. The number of rotatable bonds is 4. The van der Waals surface area contributed by atoms with Gasteiger partial charge in [0.1, 0.15) is 5.76 Å². The van der Waals surface area contributed by atoms with E-state index in [9.17, 15) is 0 Å². The van der Waals surface area contributed by atoms with Gasteiger partial charge in [-0.3, -0.25) is 0 Å². The van der Waals surface area contributed by atoms with Crippen LogP contribution in [0.3, 0.4) is 0 Å². The Hall–Kier alpha value is -1.33. The number of nitrogens with two attached hydrogens (primary N) is 1. The zero-order valence-electron chi connectivity index (χ0n) is 10.3. The number of hydrogen-bond acceptors (Lipinski definition) is 5. The van der Waals surface area contributed by atoms with Crippen molar-refractivity contribution in [1.29, 1.82) is 0 Å². The van der Waals surface area contributed by atoms with Gasteiger partial charge >= 0.3 is 0 Å². The quantitative estimate of drug-likeness (QED) is 0.907. The van der Waals surface area contributed by atoms with Gasteiger partial charge in [0.25, 0.3) is 0 Å². The lowest BCUT2D eigenvalue weighted by atomic mass is 10.2. The first-order chi connectivity index (χ1) is 8.08. The molecule has 4 nitrogen and oxygen atoms in total. The first-order valence-corrected chi connectivity index (χ1v) is 6.36. The summed E-state index contributed by atoms with van der Waals surface area (Å²) in [6, 6.07) is 3.89. The minimum Gasteiger partial charge on any atom is -0.467 e. The van der Waals surface area contributed by atoms with Crippen molar-refractivity contribution in [2.24, 2.45) is 5.73 Å². The van der Waals surface area contributed by atoms with Crippen LogP contribution >= 0.6 is 11.3 Å². The molecule has 17 heavy (non-hydrogen) atoms. The van der Waals surface area contributed by atoms with E-state index < -0.39 is 0 Å². The van der Waals surface area contributed by atoms with Crippen molar-refractivity contribution in [3.8, 4) is 0 Å². The lowest BCUT2D eigenvalue weighted by Gasteiger charge is -2.13. The Morgan fingerprint density at radius 3 is 2.88 bits per heavy atom. The molecule has 0 bridgehead atoms. The summed E-state index contributed by atoms with van der Waals surface area (Å²) in [5.74, 6) is 0.933. The number of aromatic nitrogens is 1. The van der Waals surface area contributed by atoms with Crippen LogP contribution < -0.4 is 10.6 Å². The van der Waals surface area contributed by atoms with Crippen LogP contribution in [0.25, 0.3) is 0 Å². The first-order valence-electron chi connectivity index (χ1n) is 5.54. The van der Waals surface area contributed by atoms with E-state index in [2.05, 4.69) is 9.88 Å². The van der Waals surface area contributed by atoms with Gasteiger partial charge in [-0.05, 0) is 26.0 Å². The molecule has 2 aromatic rings. The maximum Gasteiger partial charge on any atom is 0.185 e. The third-order valence-electron chi connectivity index (χ3n) is 2.53. The van der Waals surface area contributed by atoms with Crippen molar-refractivity contribution < 1.29 is 4.42 Å². The summed E-state index contributed by atoms with van der Waals surface area (Å²) in [4.78, 5) is 7.75. The normalized spacial score (nSPS) is 12.7. The van der Waals surface area contributed by atoms with Gasteiger partial charge in [0.15, 0.2) is 5.13 Å². The van der Waals surface area contributed by atoms with E-state index in [0.29, 0.717) is 0 Å². The minimum atomic E-state index is 0.0401. The zero-order chi connectivity index (χ0) is 12.4. The highest BCUT2D eigenvalue weighted by atomic mass is 32.1. The molecular weight excluding hydrogens is 234 g/mol. The van der Waals surface area contributed by atoms with E-state index in [1.54, 1.807) is 17.6 Å². The molecule has 0 aliphatic rings. The van der Waals surface area contributed by atoms with Crippen LogP contribution in [0.1, 0.15) is 29.3 Å². The SMILES string of the molecule is Cc1nc(N(C)Cc2ccco2)sc1C(C)N. The van der Waals surface area contributed by atoms with Crippen LogP contribution in [0.4, 0.5) is 5.13 Å². The number of aryl methyl sites for hydroxylation is 1. The Labute approximate surface area is 105 Å². The highest BCUT2D eigenvalue weighted by Gasteiger charge is 2.14. The summed E-state index contributed by atoms with van der Waals surface area (Å²) in [6.45, 7) is 4.70. The predicted molar refractivity (Wildman–Crippen MR) is 70.3 cm³/mol. The molecule has 0 amide bonds. The molecule has 1 unspecified atom stereocenters. The van der Waals surface area contributed by atoms with Crippen molar-refractivity contribution in [1.82, 2.24) is 4.98 Å². The maximum atomic E-state index is 5.90. The minimum absolute atomic E-state index is 0.0401. The van der Waals surface area contributed by atoms with Gasteiger partial charge in [0, 0.05) is 18.0 Å². The fourth-order valence-corrected chi connectivity index (χ4v) is 2.66. The van der Waals surface area contributed by atoms with E-state index in [4.69, 9.17) is 10.2 Å². The number of hydrogen-bond donors (Lipinski definition) is 1. The van der Waals surface area contributed by atoms with E-state index in [0.717, 1.165) is 28.0 Å². The van der Waals surface area contributed by atoms with E-state index in [1.807, 2.05) is 33.0 Å². The summed E-state index contributed by atoms with van der Waals surface area (Å²) >= 11 is 1.65. The predicted octanol–water partition coefficient (Wildman–Crippen LogP) is 2.70. The highest BCUT2D eigenvalue weighted by molar-refractivity contribution is 7.15. The van der Waals surface area contributed by atoms with E-state index >= 15 is 0 Å². The van der Waals surface area contributed by atoms with Crippen molar-refractivity contribution in [3.63, 3.8) is 0 Å². The van der Waals surface area contributed by atoms with Gasteiger partial charge in [0.05, 0.1) is 18.5 Å². The van der Waals surface area contributed by atoms with Crippen LogP contribution in [0.5, 0.6) is 0 Å². The molecule has 2 N–H and O–H groups in total. The molecule has 1 atom stereocenters. The molecule has 0 fully saturated rings. The second-order valence-electron chi connectivity index (χ2n) is 4.17. The molecule has 0 spiro atoms. The van der Waals surface area contributed by atoms with E-state index in [1.165, 1.54) is 0 Å². The third kappa shape index (κ3) is 2.68. The molecule has 2 rings (SSSR count). The number of furan rings is 1. The summed E-state index contributed by atoms with van der Waals surface area (Å²) < 4.78 is 5.32. The molecule has 0 aliphatic carbocycles. The molecule has 0 radical (unpaired) electrons. The van der Waals surface area contributed by atoms with E-state index in [-0.39, 0.29) is 6.04 Å². The molecule has 0 aromatic carbocycles. The lowest BCUT2D eigenvalue weighted by molar-refractivity contribution is 0.507. The number of nitrogens with zero attached hydrogens (tertiary/aromatic N) is 2. The van der Waals surface area contributed by atoms with Gasteiger partial charge in [0.2, 0.25) is 0 Å². The molecular formula is C12H17N3OS.